The number of nitrogens with zero attached hydrogens (tertiary/aromatic N) is 1. The molecule has 0 aliphatic carbocycles. The van der Waals surface area contributed by atoms with E-state index < -0.39 is 15.8 Å². The molecule has 0 heterocycles. The summed E-state index contributed by atoms with van der Waals surface area (Å²) < 4.78 is 38.2. The van der Waals surface area contributed by atoms with Crippen molar-refractivity contribution in [2.75, 3.05) is 22.4 Å². The quantitative estimate of drug-likeness (QED) is 0.800. The highest BCUT2D eigenvalue weighted by Gasteiger charge is 2.17. The van der Waals surface area contributed by atoms with E-state index in [9.17, 15) is 17.6 Å². The second-order valence-corrected chi connectivity index (χ2v) is 8.19. The van der Waals surface area contributed by atoms with E-state index in [1.807, 2.05) is 32.0 Å². The van der Waals surface area contributed by atoms with Crippen LogP contribution >= 0.6 is 0 Å². The standard InChI is InChI=1S/C19H23FN2O3S/c1-14-6-11-18(15(2)13-14)21-19(23)5-4-12-22(26(3,24)25)17-9-7-16(20)8-10-17/h6-11,13H,4-5,12H2,1-3H3,(H,21,23). The van der Waals surface area contributed by atoms with E-state index in [0.29, 0.717) is 12.1 Å². The summed E-state index contributed by atoms with van der Waals surface area (Å²) in [6.45, 7) is 4.04. The highest BCUT2D eigenvalue weighted by molar-refractivity contribution is 7.92. The first kappa shape index (κ1) is 19.9. The summed E-state index contributed by atoms with van der Waals surface area (Å²) in [4.78, 5) is 12.1. The number of carbonyl (C=O) groups excluding carboxylic acids is 1. The number of hydrogen-bond acceptors (Lipinski definition) is 3. The van der Waals surface area contributed by atoms with Crippen molar-refractivity contribution in [3.63, 3.8) is 0 Å². The molecule has 0 saturated heterocycles. The highest BCUT2D eigenvalue weighted by atomic mass is 32.2. The van der Waals surface area contributed by atoms with Crippen molar-refractivity contribution in [2.24, 2.45) is 0 Å². The van der Waals surface area contributed by atoms with Crippen molar-refractivity contribution in [3.05, 3.63) is 59.4 Å². The van der Waals surface area contributed by atoms with E-state index in [1.54, 1.807) is 0 Å². The van der Waals surface area contributed by atoms with E-state index in [1.165, 1.54) is 28.6 Å². The minimum Gasteiger partial charge on any atom is -0.326 e. The maximum atomic E-state index is 13.0. The van der Waals surface area contributed by atoms with Gasteiger partial charge in [-0.05, 0) is 56.2 Å². The predicted molar refractivity (Wildman–Crippen MR) is 102 cm³/mol. The Morgan fingerprint density at radius 1 is 1.12 bits per heavy atom. The Morgan fingerprint density at radius 2 is 1.77 bits per heavy atom. The average Bonchev–Trinajstić information content (AvgIpc) is 2.54. The molecule has 1 amide bonds. The minimum absolute atomic E-state index is 0.144. The third-order valence-electron chi connectivity index (χ3n) is 3.94. The first-order chi connectivity index (χ1) is 12.2. The normalized spacial score (nSPS) is 11.2. The Balaban J connectivity index is 1.96. The summed E-state index contributed by atoms with van der Waals surface area (Å²) in [6, 6.07) is 11.0. The number of sulfonamides is 1. The number of anilines is 2. The fraction of sp³-hybridized carbons (Fsp3) is 0.316. The van der Waals surface area contributed by atoms with Gasteiger partial charge in [0.05, 0.1) is 11.9 Å². The van der Waals surface area contributed by atoms with Gasteiger partial charge >= 0.3 is 0 Å². The number of hydrogen-bond donors (Lipinski definition) is 1. The number of benzene rings is 2. The Labute approximate surface area is 153 Å². The zero-order valence-corrected chi connectivity index (χ0v) is 15.9. The number of aryl methyl sites for hydroxylation is 2. The summed E-state index contributed by atoms with van der Waals surface area (Å²) in [7, 11) is -3.52. The number of rotatable bonds is 7. The molecule has 0 aromatic heterocycles. The zero-order valence-electron chi connectivity index (χ0n) is 15.1. The van der Waals surface area contributed by atoms with Gasteiger partial charge in [0.15, 0.2) is 0 Å². The molecule has 0 aliphatic rings. The van der Waals surface area contributed by atoms with E-state index >= 15 is 0 Å². The van der Waals surface area contributed by atoms with Crippen LogP contribution in [0.4, 0.5) is 15.8 Å². The monoisotopic (exact) mass is 378 g/mol. The van der Waals surface area contributed by atoms with Gasteiger partial charge in [-0.3, -0.25) is 9.10 Å². The van der Waals surface area contributed by atoms with Gasteiger partial charge in [-0.25, -0.2) is 12.8 Å². The molecule has 1 N–H and O–H groups in total. The van der Waals surface area contributed by atoms with Crippen LogP contribution < -0.4 is 9.62 Å². The molecule has 0 aliphatic heterocycles. The lowest BCUT2D eigenvalue weighted by Gasteiger charge is -2.22. The van der Waals surface area contributed by atoms with Crippen LogP contribution in [0.5, 0.6) is 0 Å². The van der Waals surface area contributed by atoms with E-state index in [2.05, 4.69) is 5.32 Å². The van der Waals surface area contributed by atoms with E-state index in [4.69, 9.17) is 0 Å². The zero-order chi connectivity index (χ0) is 19.3. The summed E-state index contributed by atoms with van der Waals surface area (Å²) >= 11 is 0. The van der Waals surface area contributed by atoms with Crippen LogP contribution in [-0.2, 0) is 14.8 Å². The fourth-order valence-corrected chi connectivity index (χ4v) is 3.61. The minimum atomic E-state index is -3.52. The number of amides is 1. The molecule has 26 heavy (non-hydrogen) atoms. The average molecular weight is 378 g/mol. The maximum Gasteiger partial charge on any atom is 0.232 e. The van der Waals surface area contributed by atoms with Crippen molar-refractivity contribution in [3.8, 4) is 0 Å². The third-order valence-corrected chi connectivity index (χ3v) is 5.13. The molecule has 2 aromatic rings. The lowest BCUT2D eigenvalue weighted by Crippen LogP contribution is -2.31. The Hall–Kier alpha value is -2.41. The molecule has 0 radical (unpaired) electrons. The van der Waals surface area contributed by atoms with Gasteiger partial charge in [-0.15, -0.1) is 0 Å². The SMILES string of the molecule is Cc1ccc(NC(=O)CCCN(c2ccc(F)cc2)S(C)(=O)=O)c(C)c1. The molecular formula is C19H23FN2O3S. The second-order valence-electron chi connectivity index (χ2n) is 6.28. The molecule has 0 unspecified atom stereocenters. The summed E-state index contributed by atoms with van der Waals surface area (Å²) in [5.41, 5.74) is 3.22. The van der Waals surface area contributed by atoms with E-state index in [-0.39, 0.29) is 18.9 Å². The molecule has 0 saturated carbocycles. The van der Waals surface area contributed by atoms with Crippen molar-refractivity contribution in [2.45, 2.75) is 26.7 Å². The Bertz CT molecular complexity index is 880. The molecule has 7 heteroatoms. The second kappa shape index (κ2) is 8.31. The van der Waals surface area contributed by atoms with Crippen molar-refractivity contribution < 1.29 is 17.6 Å². The van der Waals surface area contributed by atoms with Gasteiger partial charge in [0, 0.05) is 18.7 Å². The molecule has 0 bridgehead atoms. The molecule has 2 aromatic carbocycles. The fourth-order valence-electron chi connectivity index (χ4n) is 2.64. The third kappa shape index (κ3) is 5.56. The van der Waals surface area contributed by atoms with Gasteiger partial charge in [0.25, 0.3) is 0 Å². The number of nitrogens with one attached hydrogen (secondary N) is 1. The molecule has 0 spiro atoms. The topological polar surface area (TPSA) is 66.5 Å². The Kier molecular flexibility index (Phi) is 6.37. The highest BCUT2D eigenvalue weighted by Crippen LogP contribution is 2.19. The van der Waals surface area contributed by atoms with E-state index in [0.717, 1.165) is 23.1 Å². The first-order valence-electron chi connectivity index (χ1n) is 8.27. The number of carbonyl (C=O) groups is 1. The summed E-state index contributed by atoms with van der Waals surface area (Å²) in [5, 5.41) is 2.84. The molecule has 0 fully saturated rings. The summed E-state index contributed by atoms with van der Waals surface area (Å²) in [6.07, 6.45) is 1.62. The molecule has 140 valence electrons. The van der Waals surface area contributed by atoms with Gasteiger partial charge in [0.2, 0.25) is 15.9 Å². The van der Waals surface area contributed by atoms with Crippen molar-refractivity contribution >= 4 is 27.3 Å². The van der Waals surface area contributed by atoms with Crippen LogP contribution in [0.2, 0.25) is 0 Å². The molecule has 2 rings (SSSR count). The number of halogens is 1. The van der Waals surface area contributed by atoms with Crippen LogP contribution in [-0.4, -0.2) is 27.1 Å². The van der Waals surface area contributed by atoms with Gasteiger partial charge in [-0.1, -0.05) is 17.7 Å². The first-order valence-corrected chi connectivity index (χ1v) is 10.1. The van der Waals surface area contributed by atoms with Crippen LogP contribution in [0.25, 0.3) is 0 Å². The van der Waals surface area contributed by atoms with Gasteiger partial charge < -0.3 is 5.32 Å². The van der Waals surface area contributed by atoms with Gasteiger partial charge in [-0.2, -0.15) is 0 Å². The maximum absolute atomic E-state index is 13.0. The smallest absolute Gasteiger partial charge is 0.232 e. The Morgan fingerprint density at radius 3 is 2.35 bits per heavy atom. The molecular weight excluding hydrogens is 355 g/mol. The van der Waals surface area contributed by atoms with Crippen LogP contribution in [0.1, 0.15) is 24.0 Å². The van der Waals surface area contributed by atoms with Crippen LogP contribution in [0, 0.1) is 19.7 Å². The lowest BCUT2D eigenvalue weighted by molar-refractivity contribution is -0.116. The largest absolute Gasteiger partial charge is 0.326 e. The van der Waals surface area contributed by atoms with Crippen molar-refractivity contribution in [1.82, 2.24) is 0 Å². The van der Waals surface area contributed by atoms with Crippen LogP contribution in [0.3, 0.4) is 0 Å². The lowest BCUT2D eigenvalue weighted by atomic mass is 10.1. The van der Waals surface area contributed by atoms with Gasteiger partial charge in [0.1, 0.15) is 5.82 Å². The summed E-state index contributed by atoms with van der Waals surface area (Å²) in [5.74, 6) is -0.612. The van der Waals surface area contributed by atoms with Crippen molar-refractivity contribution in [1.29, 1.82) is 0 Å². The van der Waals surface area contributed by atoms with Crippen LogP contribution in [0.15, 0.2) is 42.5 Å². The molecule has 5 nitrogen and oxygen atoms in total. The molecule has 0 atom stereocenters. The predicted octanol–water partition coefficient (Wildman–Crippen LogP) is 3.63.